The average molecular weight is 345 g/mol. The largest absolute Gasteiger partial charge is 0.490 e. The molecule has 0 aliphatic rings. The van der Waals surface area contributed by atoms with Gasteiger partial charge in [0.05, 0.1) is 13.2 Å². The van der Waals surface area contributed by atoms with Crippen LogP contribution in [0, 0.1) is 0 Å². The highest BCUT2D eigenvalue weighted by Crippen LogP contribution is 2.29. The van der Waals surface area contributed by atoms with Crippen LogP contribution in [0.5, 0.6) is 11.5 Å². The number of rotatable bonds is 9. The maximum atomic E-state index is 12.3. The second kappa shape index (κ2) is 10.3. The number of hydrogen-bond donors (Lipinski definition) is 2. The van der Waals surface area contributed by atoms with Crippen LogP contribution in [0.2, 0.25) is 0 Å². The van der Waals surface area contributed by atoms with Gasteiger partial charge in [0.2, 0.25) is 0 Å². The van der Waals surface area contributed by atoms with E-state index in [4.69, 9.17) is 15.2 Å². The summed E-state index contributed by atoms with van der Waals surface area (Å²) < 4.78 is 11.3. The van der Waals surface area contributed by atoms with Gasteiger partial charge < -0.3 is 20.5 Å². The molecule has 0 aliphatic carbocycles. The molecule has 23 heavy (non-hydrogen) atoms. The van der Waals surface area contributed by atoms with Crippen LogP contribution in [-0.2, 0) is 0 Å². The van der Waals surface area contributed by atoms with Gasteiger partial charge in [0, 0.05) is 17.6 Å². The van der Waals surface area contributed by atoms with Crippen LogP contribution in [0.4, 0.5) is 0 Å². The van der Waals surface area contributed by atoms with Crippen molar-refractivity contribution in [2.75, 3.05) is 19.8 Å². The van der Waals surface area contributed by atoms with Crippen molar-refractivity contribution < 1.29 is 14.3 Å². The third-order valence-electron chi connectivity index (χ3n) is 3.22. The molecule has 0 radical (unpaired) electrons. The zero-order chi connectivity index (χ0) is 16.6. The number of hydrogen-bond acceptors (Lipinski definition) is 4. The molecule has 1 aromatic carbocycles. The van der Waals surface area contributed by atoms with Gasteiger partial charge in [-0.2, -0.15) is 0 Å². The zero-order valence-corrected chi connectivity index (χ0v) is 15.3. The van der Waals surface area contributed by atoms with Gasteiger partial charge in [-0.3, -0.25) is 4.79 Å². The summed E-state index contributed by atoms with van der Waals surface area (Å²) in [6, 6.07) is 5.24. The fourth-order valence-corrected chi connectivity index (χ4v) is 1.79. The Balaban J connectivity index is 0.00000484. The molecule has 1 amide bonds. The average Bonchev–Trinajstić information content (AvgIpc) is 2.48. The Morgan fingerprint density at radius 3 is 2.48 bits per heavy atom. The molecule has 132 valence electrons. The lowest BCUT2D eigenvalue weighted by Gasteiger charge is -2.24. The minimum atomic E-state index is -0.445. The highest BCUT2D eigenvalue weighted by atomic mass is 35.5. The Bertz CT molecular complexity index is 493. The fourth-order valence-electron chi connectivity index (χ4n) is 1.79. The maximum Gasteiger partial charge on any atom is 0.251 e. The van der Waals surface area contributed by atoms with Crippen LogP contribution in [0.3, 0.4) is 0 Å². The van der Waals surface area contributed by atoms with Crippen molar-refractivity contribution in [2.45, 2.75) is 46.1 Å². The van der Waals surface area contributed by atoms with Crippen LogP contribution in [-0.4, -0.2) is 31.2 Å². The van der Waals surface area contributed by atoms with Gasteiger partial charge >= 0.3 is 0 Å². The lowest BCUT2D eigenvalue weighted by molar-refractivity contribution is 0.0915. The third-order valence-corrected chi connectivity index (χ3v) is 3.22. The quantitative estimate of drug-likeness (QED) is 0.675. The van der Waals surface area contributed by atoms with Gasteiger partial charge in [-0.25, -0.2) is 0 Å². The molecule has 3 N–H and O–H groups in total. The minimum absolute atomic E-state index is 0. The van der Waals surface area contributed by atoms with Crippen molar-refractivity contribution in [1.29, 1.82) is 0 Å². The molecule has 0 aliphatic heterocycles. The number of amides is 1. The van der Waals surface area contributed by atoms with E-state index in [2.05, 4.69) is 12.2 Å². The van der Waals surface area contributed by atoms with Crippen LogP contribution in [0.15, 0.2) is 18.2 Å². The first-order valence-electron chi connectivity index (χ1n) is 7.85. The monoisotopic (exact) mass is 344 g/mol. The van der Waals surface area contributed by atoms with Gasteiger partial charge in [0.1, 0.15) is 0 Å². The standard InChI is InChI=1S/C17H28N2O3.ClH/c1-5-7-10-22-14-9-8-13(11-15(14)21-6-2)16(20)19-17(3,4)12-18;/h8-9,11H,5-7,10,12,18H2,1-4H3,(H,19,20);1H. The predicted octanol–water partition coefficient (Wildman–Crippen LogP) is 3.15. The fraction of sp³-hybridized carbons (Fsp3) is 0.588. The zero-order valence-electron chi connectivity index (χ0n) is 14.5. The lowest BCUT2D eigenvalue weighted by Crippen LogP contribution is -2.48. The van der Waals surface area contributed by atoms with E-state index < -0.39 is 5.54 Å². The topological polar surface area (TPSA) is 73.6 Å². The van der Waals surface area contributed by atoms with E-state index in [0.29, 0.717) is 36.8 Å². The minimum Gasteiger partial charge on any atom is -0.490 e. The van der Waals surface area contributed by atoms with E-state index in [1.165, 1.54) is 0 Å². The van der Waals surface area contributed by atoms with Crippen molar-refractivity contribution >= 4 is 18.3 Å². The summed E-state index contributed by atoms with van der Waals surface area (Å²) in [4.78, 5) is 12.3. The van der Waals surface area contributed by atoms with Crippen molar-refractivity contribution in [3.8, 4) is 11.5 Å². The van der Waals surface area contributed by atoms with Gasteiger partial charge in [-0.1, -0.05) is 13.3 Å². The van der Waals surface area contributed by atoms with Crippen molar-refractivity contribution in [3.05, 3.63) is 23.8 Å². The Labute approximate surface area is 145 Å². The molecule has 0 spiro atoms. The molecule has 0 heterocycles. The molecule has 5 nitrogen and oxygen atoms in total. The molecule has 0 saturated carbocycles. The van der Waals surface area contributed by atoms with Crippen LogP contribution < -0.4 is 20.5 Å². The molecule has 0 fully saturated rings. The van der Waals surface area contributed by atoms with E-state index in [1.807, 2.05) is 20.8 Å². The highest BCUT2D eigenvalue weighted by molar-refractivity contribution is 5.95. The van der Waals surface area contributed by atoms with Crippen molar-refractivity contribution in [2.24, 2.45) is 5.73 Å². The highest BCUT2D eigenvalue weighted by Gasteiger charge is 2.20. The van der Waals surface area contributed by atoms with Crippen LogP contribution >= 0.6 is 12.4 Å². The van der Waals surface area contributed by atoms with Crippen molar-refractivity contribution in [1.82, 2.24) is 5.32 Å². The van der Waals surface area contributed by atoms with Crippen molar-refractivity contribution in [3.63, 3.8) is 0 Å². The number of ether oxygens (including phenoxy) is 2. The number of nitrogens with two attached hydrogens (primary N) is 1. The van der Waals surface area contributed by atoms with Crippen LogP contribution in [0.25, 0.3) is 0 Å². The normalized spacial score (nSPS) is 10.7. The molecular formula is C17H29ClN2O3. The smallest absolute Gasteiger partial charge is 0.251 e. The first-order chi connectivity index (χ1) is 10.4. The van der Waals surface area contributed by atoms with E-state index in [1.54, 1.807) is 18.2 Å². The summed E-state index contributed by atoms with van der Waals surface area (Å²) in [6.45, 7) is 9.31. The van der Waals surface area contributed by atoms with E-state index in [-0.39, 0.29) is 18.3 Å². The first kappa shape index (κ1) is 21.5. The lowest BCUT2D eigenvalue weighted by atomic mass is 10.1. The molecule has 6 heteroatoms. The first-order valence-corrected chi connectivity index (χ1v) is 7.85. The number of unbranched alkanes of at least 4 members (excludes halogenated alkanes) is 1. The number of carbonyl (C=O) groups excluding carboxylic acids is 1. The summed E-state index contributed by atoms with van der Waals surface area (Å²) in [5.74, 6) is 1.10. The Hall–Kier alpha value is -1.46. The second-order valence-electron chi connectivity index (χ2n) is 5.84. The molecule has 0 atom stereocenters. The molecular weight excluding hydrogens is 316 g/mol. The number of nitrogens with one attached hydrogen (secondary N) is 1. The summed E-state index contributed by atoms with van der Waals surface area (Å²) in [7, 11) is 0. The van der Waals surface area contributed by atoms with Gasteiger partial charge in [0.25, 0.3) is 5.91 Å². The summed E-state index contributed by atoms with van der Waals surface area (Å²) in [6.07, 6.45) is 2.05. The molecule has 0 bridgehead atoms. The van der Waals surface area contributed by atoms with Gasteiger partial charge in [0.15, 0.2) is 11.5 Å². The summed E-state index contributed by atoms with van der Waals surface area (Å²) in [5, 5.41) is 2.90. The van der Waals surface area contributed by atoms with Gasteiger partial charge in [-0.15, -0.1) is 12.4 Å². The predicted molar refractivity (Wildman–Crippen MR) is 95.9 cm³/mol. The number of benzene rings is 1. The maximum absolute atomic E-state index is 12.3. The number of carbonyl (C=O) groups is 1. The Morgan fingerprint density at radius 1 is 1.22 bits per heavy atom. The Morgan fingerprint density at radius 2 is 1.91 bits per heavy atom. The second-order valence-corrected chi connectivity index (χ2v) is 5.84. The molecule has 1 aromatic rings. The molecule has 1 rings (SSSR count). The summed E-state index contributed by atoms with van der Waals surface area (Å²) >= 11 is 0. The summed E-state index contributed by atoms with van der Waals surface area (Å²) in [5.41, 5.74) is 5.73. The van der Waals surface area contributed by atoms with Gasteiger partial charge in [-0.05, 0) is 45.4 Å². The molecule has 0 unspecified atom stereocenters. The number of halogens is 1. The SMILES string of the molecule is CCCCOc1ccc(C(=O)NC(C)(C)CN)cc1OCC.Cl. The molecule has 0 aromatic heterocycles. The molecule has 0 saturated heterocycles. The van der Waals surface area contributed by atoms with E-state index in [0.717, 1.165) is 12.8 Å². The Kier molecular flexibility index (Phi) is 9.68. The van der Waals surface area contributed by atoms with Crippen LogP contribution in [0.1, 0.15) is 50.9 Å². The van der Waals surface area contributed by atoms with E-state index in [9.17, 15) is 4.79 Å². The van der Waals surface area contributed by atoms with E-state index >= 15 is 0 Å². The third kappa shape index (κ3) is 7.10.